The van der Waals surface area contributed by atoms with Crippen LogP contribution in [0.15, 0.2) is 45.9 Å². The fraction of sp³-hybridized carbons (Fsp3) is 0.381. The molecule has 0 saturated carbocycles. The second-order valence-corrected chi connectivity index (χ2v) is 8.14. The van der Waals surface area contributed by atoms with Crippen molar-refractivity contribution in [1.82, 2.24) is 19.7 Å². The summed E-state index contributed by atoms with van der Waals surface area (Å²) < 4.78 is 16.2. The van der Waals surface area contributed by atoms with E-state index in [1.54, 1.807) is 28.0 Å². The number of halogens is 1. The summed E-state index contributed by atoms with van der Waals surface area (Å²) in [5.41, 5.74) is 1.86. The molecular weight excluding hydrogens is 391 g/mol. The predicted octanol–water partition coefficient (Wildman–Crippen LogP) is 2.75. The van der Waals surface area contributed by atoms with Gasteiger partial charge in [0.2, 0.25) is 5.91 Å². The highest BCUT2D eigenvalue weighted by Crippen LogP contribution is 2.14. The molecule has 1 aliphatic rings. The van der Waals surface area contributed by atoms with Crippen molar-refractivity contribution < 1.29 is 9.18 Å². The third-order valence-electron chi connectivity index (χ3n) is 5.25. The maximum atomic E-state index is 13.1. The highest BCUT2D eigenvalue weighted by Gasteiger charge is 2.22. The number of rotatable bonds is 6. The Morgan fingerprint density at radius 1 is 1.21 bits per heavy atom. The Morgan fingerprint density at radius 3 is 2.79 bits per heavy atom. The van der Waals surface area contributed by atoms with Gasteiger partial charge in [0.15, 0.2) is 0 Å². The number of carbonyl (C=O) groups excluding carboxylic acids is 1. The predicted molar refractivity (Wildman–Crippen MR) is 109 cm³/mol. The molecule has 3 aromatic rings. The molecular formula is C21H23FN4O2S. The first-order valence-electron chi connectivity index (χ1n) is 9.80. The van der Waals surface area contributed by atoms with Gasteiger partial charge in [-0.3, -0.25) is 9.36 Å². The van der Waals surface area contributed by atoms with Crippen LogP contribution in [0.5, 0.6) is 0 Å². The normalized spacial score (nSPS) is 16.2. The van der Waals surface area contributed by atoms with Crippen LogP contribution in [0.1, 0.15) is 36.2 Å². The minimum atomic E-state index is -0.301. The van der Waals surface area contributed by atoms with Crippen molar-refractivity contribution in [2.75, 3.05) is 0 Å². The zero-order valence-corrected chi connectivity index (χ0v) is 16.8. The second-order valence-electron chi connectivity index (χ2n) is 7.36. The fourth-order valence-electron chi connectivity index (χ4n) is 3.63. The molecule has 1 unspecified atom stereocenters. The first-order valence-corrected chi connectivity index (χ1v) is 10.7. The van der Waals surface area contributed by atoms with Gasteiger partial charge in [-0.1, -0.05) is 12.1 Å². The zero-order valence-electron chi connectivity index (χ0n) is 16.0. The van der Waals surface area contributed by atoms with E-state index >= 15 is 0 Å². The summed E-state index contributed by atoms with van der Waals surface area (Å²) in [7, 11) is 0. The summed E-state index contributed by atoms with van der Waals surface area (Å²) in [5.74, 6) is 0.492. The quantitative estimate of drug-likeness (QED) is 0.674. The standard InChI is InChI=1S/C21H23FN4O2S/c22-17-4-1-15(2-5-17)13-26-21(28)25-11-9-18(6-7-19(25)24-26)23-20(27)8-3-16-10-12-29-14-16/h1-2,4-5,10,12,14,18H,3,6-9,11,13H2,(H,23,27). The lowest BCUT2D eigenvalue weighted by molar-refractivity contribution is -0.121. The van der Waals surface area contributed by atoms with E-state index in [2.05, 4.69) is 15.8 Å². The van der Waals surface area contributed by atoms with Crippen LogP contribution in [0, 0.1) is 5.82 Å². The molecule has 0 saturated heterocycles. The van der Waals surface area contributed by atoms with Gasteiger partial charge in [0.1, 0.15) is 11.6 Å². The average Bonchev–Trinajstić information content (AvgIpc) is 3.28. The summed E-state index contributed by atoms with van der Waals surface area (Å²) in [6.45, 7) is 0.856. The number of carbonyl (C=O) groups is 1. The van der Waals surface area contributed by atoms with Gasteiger partial charge in [-0.15, -0.1) is 0 Å². The van der Waals surface area contributed by atoms with Gasteiger partial charge in [0, 0.05) is 25.4 Å². The van der Waals surface area contributed by atoms with Gasteiger partial charge in [0.05, 0.1) is 6.54 Å². The van der Waals surface area contributed by atoms with Crippen LogP contribution >= 0.6 is 11.3 Å². The Balaban J connectivity index is 1.34. The van der Waals surface area contributed by atoms with Gasteiger partial charge < -0.3 is 5.32 Å². The van der Waals surface area contributed by atoms with Crippen LogP contribution in [0.3, 0.4) is 0 Å². The maximum Gasteiger partial charge on any atom is 0.346 e. The molecule has 0 aliphatic carbocycles. The van der Waals surface area contributed by atoms with Crippen LogP contribution < -0.4 is 11.0 Å². The monoisotopic (exact) mass is 414 g/mol. The number of aromatic nitrogens is 3. The molecule has 0 spiro atoms. The number of fused-ring (bicyclic) bond motifs is 1. The van der Waals surface area contributed by atoms with Gasteiger partial charge in [-0.2, -0.15) is 16.4 Å². The molecule has 1 amide bonds. The molecule has 1 aliphatic heterocycles. The van der Waals surface area contributed by atoms with E-state index in [-0.39, 0.29) is 23.5 Å². The molecule has 1 N–H and O–H groups in total. The summed E-state index contributed by atoms with van der Waals surface area (Å²) in [4.78, 5) is 25.0. The highest BCUT2D eigenvalue weighted by molar-refractivity contribution is 7.07. The van der Waals surface area contributed by atoms with Gasteiger partial charge in [-0.25, -0.2) is 13.9 Å². The topological polar surface area (TPSA) is 68.9 Å². The van der Waals surface area contributed by atoms with Gasteiger partial charge in [0.25, 0.3) is 0 Å². The van der Waals surface area contributed by atoms with Crippen LogP contribution in [-0.2, 0) is 30.7 Å². The average molecular weight is 415 g/mol. The number of benzene rings is 1. The third kappa shape index (κ3) is 4.82. The number of hydrogen-bond acceptors (Lipinski definition) is 4. The van der Waals surface area contributed by atoms with Crippen molar-refractivity contribution in [3.8, 4) is 0 Å². The van der Waals surface area contributed by atoms with Gasteiger partial charge >= 0.3 is 5.69 Å². The summed E-state index contributed by atoms with van der Waals surface area (Å²) in [6.07, 6.45) is 3.33. The Morgan fingerprint density at radius 2 is 2.03 bits per heavy atom. The SMILES string of the molecule is O=C(CCc1ccsc1)NC1CCc2nn(Cc3ccc(F)cc3)c(=O)n2CC1. The van der Waals surface area contributed by atoms with Crippen molar-refractivity contribution in [3.05, 3.63) is 74.3 Å². The van der Waals surface area contributed by atoms with E-state index in [9.17, 15) is 14.0 Å². The maximum absolute atomic E-state index is 13.1. The number of aryl methyl sites for hydroxylation is 2. The van der Waals surface area contributed by atoms with Gasteiger partial charge in [-0.05, 0) is 59.3 Å². The largest absolute Gasteiger partial charge is 0.353 e. The van der Waals surface area contributed by atoms with Crippen molar-refractivity contribution in [2.45, 2.75) is 51.2 Å². The minimum Gasteiger partial charge on any atom is -0.353 e. The second kappa shape index (κ2) is 8.73. The lowest BCUT2D eigenvalue weighted by atomic mass is 10.1. The Hall–Kier alpha value is -2.74. The van der Waals surface area contributed by atoms with Crippen LogP contribution in [-0.4, -0.2) is 26.3 Å². The molecule has 0 radical (unpaired) electrons. The van der Waals surface area contributed by atoms with E-state index in [1.165, 1.54) is 22.4 Å². The molecule has 3 heterocycles. The van der Waals surface area contributed by atoms with Crippen LogP contribution in [0.25, 0.3) is 0 Å². The zero-order chi connectivity index (χ0) is 20.2. The van der Waals surface area contributed by atoms with E-state index in [0.717, 1.165) is 24.2 Å². The first-order chi connectivity index (χ1) is 14.1. The van der Waals surface area contributed by atoms with Crippen molar-refractivity contribution in [2.24, 2.45) is 0 Å². The summed E-state index contributed by atoms with van der Waals surface area (Å²) >= 11 is 1.64. The first kappa shape index (κ1) is 19.6. The molecule has 1 aromatic carbocycles. The molecule has 1 atom stereocenters. The van der Waals surface area contributed by atoms with E-state index in [0.29, 0.717) is 32.4 Å². The van der Waals surface area contributed by atoms with E-state index < -0.39 is 0 Å². The van der Waals surface area contributed by atoms with Crippen molar-refractivity contribution in [3.63, 3.8) is 0 Å². The number of hydrogen-bond donors (Lipinski definition) is 1. The smallest absolute Gasteiger partial charge is 0.346 e. The van der Waals surface area contributed by atoms with Crippen molar-refractivity contribution >= 4 is 17.2 Å². The lowest BCUT2D eigenvalue weighted by Gasteiger charge is -2.16. The minimum absolute atomic E-state index is 0.0504. The van der Waals surface area contributed by atoms with Crippen molar-refractivity contribution in [1.29, 1.82) is 0 Å². The molecule has 2 aromatic heterocycles. The summed E-state index contributed by atoms with van der Waals surface area (Å²) in [6, 6.07) is 8.18. The molecule has 4 rings (SSSR count). The number of thiophene rings is 1. The third-order valence-corrected chi connectivity index (χ3v) is 5.98. The number of nitrogens with zero attached hydrogens (tertiary/aromatic N) is 3. The lowest BCUT2D eigenvalue weighted by Crippen LogP contribution is -2.36. The highest BCUT2D eigenvalue weighted by atomic mass is 32.1. The molecule has 8 heteroatoms. The summed E-state index contributed by atoms with van der Waals surface area (Å²) in [5, 5.41) is 11.7. The molecule has 152 valence electrons. The molecule has 29 heavy (non-hydrogen) atoms. The molecule has 0 fully saturated rings. The Labute approximate surface area is 172 Å². The van der Waals surface area contributed by atoms with Crippen LogP contribution in [0.2, 0.25) is 0 Å². The molecule has 6 nitrogen and oxygen atoms in total. The number of nitrogens with one attached hydrogen (secondary N) is 1. The Kier molecular flexibility index (Phi) is 5.89. The van der Waals surface area contributed by atoms with Crippen LogP contribution in [0.4, 0.5) is 4.39 Å². The number of amides is 1. The Bertz CT molecular complexity index is 1020. The van der Waals surface area contributed by atoms with E-state index in [4.69, 9.17) is 0 Å². The van der Waals surface area contributed by atoms with E-state index in [1.807, 2.05) is 11.4 Å². The fourth-order valence-corrected chi connectivity index (χ4v) is 4.33. The molecule has 0 bridgehead atoms.